The predicted molar refractivity (Wildman–Crippen MR) is 187 cm³/mol. The summed E-state index contributed by atoms with van der Waals surface area (Å²) in [5, 5.41) is 0. The number of benzene rings is 2. The van der Waals surface area contributed by atoms with Crippen LogP contribution in [0.25, 0.3) is 0 Å². The quantitative estimate of drug-likeness (QED) is 0.124. The van der Waals surface area contributed by atoms with Gasteiger partial charge in [-0.05, 0) is 49.8 Å². The Hall–Kier alpha value is -4.06. The van der Waals surface area contributed by atoms with Gasteiger partial charge in [0.1, 0.15) is 6.54 Å². The fourth-order valence-corrected chi connectivity index (χ4v) is 5.95. The lowest BCUT2D eigenvalue weighted by atomic mass is 10.1. The molecule has 13 nitrogen and oxygen atoms in total. The van der Waals surface area contributed by atoms with Crippen molar-refractivity contribution in [1.82, 2.24) is 19.6 Å². The summed E-state index contributed by atoms with van der Waals surface area (Å²) in [6.45, 7) is 5.13. The van der Waals surface area contributed by atoms with E-state index in [4.69, 9.17) is 5.73 Å². The van der Waals surface area contributed by atoms with Gasteiger partial charge in [-0.2, -0.15) is 0 Å². The van der Waals surface area contributed by atoms with Gasteiger partial charge in [0, 0.05) is 32.6 Å². The highest BCUT2D eigenvalue weighted by atomic mass is 31.2. The van der Waals surface area contributed by atoms with Gasteiger partial charge in [0.15, 0.2) is 0 Å². The van der Waals surface area contributed by atoms with Crippen molar-refractivity contribution in [2.75, 3.05) is 45.8 Å². The van der Waals surface area contributed by atoms with E-state index in [1.54, 1.807) is 38.1 Å². The molecule has 0 saturated carbocycles. The number of carbonyl (C=O) groups is 5. The minimum atomic E-state index is -4.24. The van der Waals surface area contributed by atoms with E-state index >= 15 is 0 Å². The van der Waals surface area contributed by atoms with Crippen LogP contribution in [0, 0.1) is 0 Å². The highest BCUT2D eigenvalue weighted by molar-refractivity contribution is 7.50. The minimum Gasteiger partial charge on any atom is -0.368 e. The third kappa shape index (κ3) is 15.8. The van der Waals surface area contributed by atoms with Crippen LogP contribution >= 0.6 is 7.60 Å². The maximum atomic E-state index is 13.7. The Labute approximate surface area is 289 Å². The Morgan fingerprint density at radius 2 is 1.16 bits per heavy atom. The zero-order chi connectivity index (χ0) is 36.4. The highest BCUT2D eigenvalue weighted by Crippen LogP contribution is 2.38. The average molecular weight is 702 g/mol. The number of aryl methyl sites for hydroxylation is 1. The number of nitrogens with zero attached hydrogens (tertiary/aromatic N) is 4. The van der Waals surface area contributed by atoms with E-state index in [-0.39, 0.29) is 64.7 Å². The van der Waals surface area contributed by atoms with E-state index in [9.17, 15) is 38.3 Å². The molecule has 0 aliphatic rings. The second kappa shape index (κ2) is 21.1. The summed E-state index contributed by atoms with van der Waals surface area (Å²) in [5.74, 6) is -2.18. The lowest BCUT2D eigenvalue weighted by Crippen LogP contribution is -2.50. The van der Waals surface area contributed by atoms with Crippen molar-refractivity contribution >= 4 is 37.1 Å². The lowest BCUT2D eigenvalue weighted by Gasteiger charge is -2.30. The van der Waals surface area contributed by atoms with Crippen LogP contribution in [0.3, 0.4) is 0 Å². The predicted octanol–water partition coefficient (Wildman–Crippen LogP) is 2.92. The second-order valence-corrected chi connectivity index (χ2v) is 13.7. The van der Waals surface area contributed by atoms with E-state index in [2.05, 4.69) is 0 Å². The number of likely N-dealkylation sites (N-methyl/N-ethyl adjacent to an activating group) is 2. The van der Waals surface area contributed by atoms with Crippen LogP contribution in [0.4, 0.5) is 0 Å². The largest absolute Gasteiger partial charge is 0.368 e. The van der Waals surface area contributed by atoms with Gasteiger partial charge < -0.3 is 35.1 Å². The van der Waals surface area contributed by atoms with E-state index in [0.29, 0.717) is 30.4 Å². The SMILES string of the molecule is CCCCCC(=O)N(CC(=O)N(CC)CC(=O)N(CCCc1ccccc1)CC(=O)N(CC)CC(N)=O)Cc1ccc(CP(=O)(O)O)cc1. The molecule has 0 radical (unpaired) electrons. The number of primary amides is 1. The molecule has 14 heteroatoms. The molecule has 0 aliphatic heterocycles. The van der Waals surface area contributed by atoms with E-state index in [0.717, 1.165) is 18.4 Å². The maximum Gasteiger partial charge on any atom is 0.329 e. The number of unbranched alkanes of at least 4 members (excludes halogenated alkanes) is 2. The van der Waals surface area contributed by atoms with Crippen LogP contribution in [-0.2, 0) is 47.7 Å². The van der Waals surface area contributed by atoms with Crippen LogP contribution in [0.2, 0.25) is 0 Å². The van der Waals surface area contributed by atoms with Gasteiger partial charge in [-0.1, -0.05) is 74.4 Å². The van der Waals surface area contributed by atoms with Crippen LogP contribution in [0.15, 0.2) is 54.6 Å². The molecule has 0 saturated heterocycles. The molecular weight excluding hydrogens is 649 g/mol. The Balaban J connectivity index is 2.20. The van der Waals surface area contributed by atoms with E-state index < -0.39 is 37.4 Å². The zero-order valence-electron chi connectivity index (χ0n) is 29.0. The fraction of sp³-hybridized carbons (Fsp3) is 0.514. The van der Waals surface area contributed by atoms with Gasteiger partial charge >= 0.3 is 7.60 Å². The molecule has 5 amide bonds. The van der Waals surface area contributed by atoms with Crippen molar-refractivity contribution in [1.29, 1.82) is 0 Å². The lowest BCUT2D eigenvalue weighted by molar-refractivity contribution is -0.146. The number of nitrogens with two attached hydrogens (primary N) is 1. The Bertz CT molecular complexity index is 1420. The molecule has 2 aromatic carbocycles. The van der Waals surface area contributed by atoms with Gasteiger partial charge in [-0.3, -0.25) is 28.5 Å². The molecule has 0 unspecified atom stereocenters. The molecule has 4 N–H and O–H groups in total. The number of amides is 5. The summed E-state index contributed by atoms with van der Waals surface area (Å²) in [5.41, 5.74) is 7.53. The minimum absolute atomic E-state index is 0.102. The molecule has 49 heavy (non-hydrogen) atoms. The standard InChI is InChI=1S/C35H52N5O8P/c1-4-7-9-16-32(42)40(22-29-17-19-30(20-18-29)27-49(46,47)48)26-34(44)38(6-3)24-35(45)39(21-12-15-28-13-10-8-11-14-28)25-33(43)37(5-2)23-31(36)41/h8,10-11,13-14,17-20H,4-7,9,12,15-16,21-27H2,1-3H3,(H2,36,41)(H2,46,47,48). The fourth-order valence-electron chi connectivity index (χ4n) is 5.27. The number of hydrogen-bond acceptors (Lipinski definition) is 6. The molecule has 0 bridgehead atoms. The number of hydrogen-bond donors (Lipinski definition) is 3. The van der Waals surface area contributed by atoms with Gasteiger partial charge in [-0.15, -0.1) is 0 Å². The van der Waals surface area contributed by atoms with Crippen molar-refractivity contribution in [2.24, 2.45) is 5.73 Å². The van der Waals surface area contributed by atoms with E-state index in [1.807, 2.05) is 37.3 Å². The Morgan fingerprint density at radius 3 is 1.71 bits per heavy atom. The van der Waals surface area contributed by atoms with Crippen LogP contribution < -0.4 is 5.73 Å². The molecule has 0 atom stereocenters. The monoisotopic (exact) mass is 701 g/mol. The van der Waals surface area contributed by atoms with Crippen molar-refractivity contribution < 1.29 is 38.3 Å². The van der Waals surface area contributed by atoms with Gasteiger partial charge in [-0.25, -0.2) is 0 Å². The average Bonchev–Trinajstić information content (AvgIpc) is 3.05. The molecule has 0 aromatic heterocycles. The van der Waals surface area contributed by atoms with Crippen molar-refractivity contribution in [3.05, 3.63) is 71.3 Å². The first kappa shape index (κ1) is 41.1. The first-order chi connectivity index (χ1) is 23.3. The molecule has 0 spiro atoms. The van der Waals surface area contributed by atoms with Crippen LogP contribution in [0.5, 0.6) is 0 Å². The first-order valence-electron chi connectivity index (χ1n) is 16.8. The molecular formula is C35H52N5O8P. The van der Waals surface area contributed by atoms with Gasteiger partial charge in [0.05, 0.1) is 25.8 Å². The molecule has 0 fully saturated rings. The van der Waals surface area contributed by atoms with Crippen molar-refractivity contribution in [2.45, 2.75) is 72.0 Å². The topological polar surface area (TPSA) is 182 Å². The summed E-state index contributed by atoms with van der Waals surface area (Å²) in [6.07, 6.45) is 3.52. The first-order valence-corrected chi connectivity index (χ1v) is 18.6. The highest BCUT2D eigenvalue weighted by Gasteiger charge is 2.26. The van der Waals surface area contributed by atoms with Gasteiger partial charge in [0.2, 0.25) is 29.5 Å². The summed E-state index contributed by atoms with van der Waals surface area (Å²) < 4.78 is 11.4. The smallest absolute Gasteiger partial charge is 0.329 e. The van der Waals surface area contributed by atoms with Crippen molar-refractivity contribution in [3.63, 3.8) is 0 Å². The summed E-state index contributed by atoms with van der Waals surface area (Å²) in [4.78, 5) is 89.2. The van der Waals surface area contributed by atoms with Gasteiger partial charge in [0.25, 0.3) is 0 Å². The van der Waals surface area contributed by atoms with Crippen LogP contribution in [-0.4, -0.2) is 105 Å². The third-order valence-electron chi connectivity index (χ3n) is 8.01. The zero-order valence-corrected chi connectivity index (χ0v) is 29.9. The molecule has 2 aromatic rings. The second-order valence-electron chi connectivity index (χ2n) is 12.0. The van der Waals surface area contributed by atoms with Crippen LogP contribution in [0.1, 0.15) is 69.6 Å². The summed E-state index contributed by atoms with van der Waals surface area (Å²) in [7, 11) is -4.24. The third-order valence-corrected chi connectivity index (χ3v) is 8.79. The van der Waals surface area contributed by atoms with E-state index in [1.165, 1.54) is 19.6 Å². The molecule has 0 aliphatic carbocycles. The summed E-state index contributed by atoms with van der Waals surface area (Å²) in [6, 6.07) is 16.2. The number of rotatable bonds is 22. The van der Waals surface area contributed by atoms with Crippen molar-refractivity contribution in [3.8, 4) is 0 Å². The Morgan fingerprint density at radius 1 is 0.633 bits per heavy atom. The normalized spacial score (nSPS) is 11.1. The number of carbonyl (C=O) groups excluding carboxylic acids is 5. The summed E-state index contributed by atoms with van der Waals surface area (Å²) >= 11 is 0. The molecule has 0 heterocycles. The maximum absolute atomic E-state index is 13.7. The molecule has 270 valence electrons. The molecule has 2 rings (SSSR count). The Kier molecular flexibility index (Phi) is 17.7.